The summed E-state index contributed by atoms with van der Waals surface area (Å²) in [5.41, 5.74) is 1.43. The smallest absolute Gasteiger partial charge is 0.124 e. The third kappa shape index (κ3) is 3.50. The molecule has 106 valence electrons. The number of ether oxygens (including phenoxy) is 2. The highest BCUT2D eigenvalue weighted by Gasteiger charge is 2.10. The number of aliphatic hydroxyl groups is 2. The fraction of sp³-hybridized carbons (Fsp3) is 0.250. The largest absolute Gasteiger partial charge is 0.497 e. The van der Waals surface area contributed by atoms with Gasteiger partial charge in [-0.2, -0.15) is 0 Å². The van der Waals surface area contributed by atoms with E-state index in [1.54, 1.807) is 25.3 Å². The van der Waals surface area contributed by atoms with E-state index in [9.17, 15) is 10.2 Å². The molecule has 2 rings (SSSR count). The van der Waals surface area contributed by atoms with Crippen molar-refractivity contribution in [3.8, 4) is 11.5 Å². The Hall–Kier alpha value is -2.04. The van der Waals surface area contributed by atoms with Crippen molar-refractivity contribution in [1.82, 2.24) is 0 Å². The highest BCUT2D eigenvalue weighted by atomic mass is 16.5. The van der Waals surface area contributed by atoms with Crippen molar-refractivity contribution in [3.63, 3.8) is 0 Å². The molecule has 0 radical (unpaired) electrons. The van der Waals surface area contributed by atoms with Crippen LogP contribution in [0, 0.1) is 0 Å². The highest BCUT2D eigenvalue weighted by molar-refractivity contribution is 5.33. The monoisotopic (exact) mass is 274 g/mol. The van der Waals surface area contributed by atoms with Gasteiger partial charge in [0.2, 0.25) is 0 Å². The summed E-state index contributed by atoms with van der Waals surface area (Å²) in [5, 5.41) is 19.3. The van der Waals surface area contributed by atoms with Crippen LogP contribution in [0.25, 0.3) is 0 Å². The predicted molar refractivity (Wildman–Crippen MR) is 75.8 cm³/mol. The van der Waals surface area contributed by atoms with Crippen LogP contribution in [0.3, 0.4) is 0 Å². The van der Waals surface area contributed by atoms with Gasteiger partial charge in [0.15, 0.2) is 0 Å². The molecule has 0 aromatic heterocycles. The van der Waals surface area contributed by atoms with Crippen LogP contribution in [0.5, 0.6) is 11.5 Å². The number of rotatable bonds is 6. The molecule has 0 saturated heterocycles. The fourth-order valence-electron chi connectivity index (χ4n) is 1.89. The van der Waals surface area contributed by atoms with Crippen LogP contribution in [-0.2, 0) is 6.61 Å². The van der Waals surface area contributed by atoms with Crippen molar-refractivity contribution in [1.29, 1.82) is 0 Å². The zero-order valence-corrected chi connectivity index (χ0v) is 11.3. The number of methoxy groups -OCH3 is 1. The molecule has 0 aliphatic heterocycles. The minimum Gasteiger partial charge on any atom is -0.497 e. The molecule has 2 aromatic rings. The molecule has 0 saturated carbocycles. The summed E-state index contributed by atoms with van der Waals surface area (Å²) in [6, 6.07) is 14.4. The third-order valence-electron chi connectivity index (χ3n) is 3.02. The normalized spacial score (nSPS) is 11.9. The second kappa shape index (κ2) is 6.93. The topological polar surface area (TPSA) is 58.9 Å². The standard InChI is InChI=1S/C16H18O4/c1-19-14-7-4-6-12(9-14)15(18)11-20-16-8-3-2-5-13(16)10-17/h2-9,15,17-18H,10-11H2,1H3. The molecule has 4 heteroatoms. The van der Waals surface area contributed by atoms with Gasteiger partial charge in [0.25, 0.3) is 0 Å². The summed E-state index contributed by atoms with van der Waals surface area (Å²) in [6.45, 7) is 0.0234. The first-order chi connectivity index (χ1) is 9.74. The van der Waals surface area contributed by atoms with E-state index in [0.717, 1.165) is 5.56 Å². The summed E-state index contributed by atoms with van der Waals surface area (Å²) in [6.07, 6.45) is -0.753. The zero-order valence-electron chi connectivity index (χ0n) is 11.3. The van der Waals surface area contributed by atoms with Crippen LogP contribution in [-0.4, -0.2) is 23.9 Å². The molecule has 0 heterocycles. The average Bonchev–Trinajstić information content (AvgIpc) is 2.52. The maximum absolute atomic E-state index is 10.1. The quantitative estimate of drug-likeness (QED) is 0.848. The molecule has 1 unspecified atom stereocenters. The number of hydrogen-bond acceptors (Lipinski definition) is 4. The number of para-hydroxylation sites is 1. The lowest BCUT2D eigenvalue weighted by molar-refractivity contribution is 0.106. The predicted octanol–water partition coefficient (Wildman–Crippen LogP) is 2.30. The average molecular weight is 274 g/mol. The number of benzene rings is 2. The van der Waals surface area contributed by atoms with Crippen LogP contribution in [0.15, 0.2) is 48.5 Å². The van der Waals surface area contributed by atoms with Crippen molar-refractivity contribution in [3.05, 3.63) is 59.7 Å². The molecule has 0 aliphatic carbocycles. The second-order valence-electron chi connectivity index (χ2n) is 4.37. The Morgan fingerprint density at radius 2 is 1.90 bits per heavy atom. The summed E-state index contributed by atoms with van der Waals surface area (Å²) >= 11 is 0. The minimum absolute atomic E-state index is 0.0918. The van der Waals surface area contributed by atoms with E-state index in [0.29, 0.717) is 17.1 Å². The van der Waals surface area contributed by atoms with Gasteiger partial charge < -0.3 is 19.7 Å². The molecule has 1 atom stereocenters. The van der Waals surface area contributed by atoms with Crippen LogP contribution in [0.4, 0.5) is 0 Å². The first-order valence-electron chi connectivity index (χ1n) is 6.38. The Balaban J connectivity index is 2.02. The Morgan fingerprint density at radius 1 is 1.10 bits per heavy atom. The molecule has 0 bridgehead atoms. The van der Waals surface area contributed by atoms with Crippen LogP contribution in [0.2, 0.25) is 0 Å². The lowest BCUT2D eigenvalue weighted by Crippen LogP contribution is -2.10. The summed E-state index contributed by atoms with van der Waals surface area (Å²) in [4.78, 5) is 0. The maximum Gasteiger partial charge on any atom is 0.124 e. The van der Waals surface area contributed by atoms with Gasteiger partial charge in [0.05, 0.1) is 13.7 Å². The molecule has 0 aliphatic rings. The summed E-state index contributed by atoms with van der Waals surface area (Å²) in [7, 11) is 1.58. The lowest BCUT2D eigenvalue weighted by atomic mass is 10.1. The van der Waals surface area contributed by atoms with E-state index in [4.69, 9.17) is 9.47 Å². The lowest BCUT2D eigenvalue weighted by Gasteiger charge is -2.15. The van der Waals surface area contributed by atoms with Crippen LogP contribution in [0.1, 0.15) is 17.2 Å². The SMILES string of the molecule is COc1cccc(C(O)COc2ccccc2CO)c1. The van der Waals surface area contributed by atoms with Crippen molar-refractivity contribution in [2.75, 3.05) is 13.7 Å². The van der Waals surface area contributed by atoms with E-state index < -0.39 is 6.10 Å². The Kier molecular flexibility index (Phi) is 4.98. The Labute approximate surface area is 118 Å². The molecule has 2 aromatic carbocycles. The van der Waals surface area contributed by atoms with Gasteiger partial charge in [0, 0.05) is 5.56 Å². The molecule has 2 N–H and O–H groups in total. The van der Waals surface area contributed by atoms with E-state index in [-0.39, 0.29) is 13.2 Å². The first-order valence-corrected chi connectivity index (χ1v) is 6.38. The van der Waals surface area contributed by atoms with Gasteiger partial charge in [0.1, 0.15) is 24.2 Å². The van der Waals surface area contributed by atoms with Gasteiger partial charge >= 0.3 is 0 Å². The summed E-state index contributed by atoms with van der Waals surface area (Å²) in [5.74, 6) is 1.27. The number of hydrogen-bond donors (Lipinski definition) is 2. The van der Waals surface area contributed by atoms with E-state index in [1.165, 1.54) is 0 Å². The molecule has 20 heavy (non-hydrogen) atoms. The molecule has 0 fully saturated rings. The van der Waals surface area contributed by atoms with Gasteiger partial charge in [-0.15, -0.1) is 0 Å². The molecule has 0 spiro atoms. The third-order valence-corrected chi connectivity index (χ3v) is 3.02. The number of aliphatic hydroxyl groups excluding tert-OH is 2. The minimum atomic E-state index is -0.753. The molecule has 4 nitrogen and oxygen atoms in total. The maximum atomic E-state index is 10.1. The fourth-order valence-corrected chi connectivity index (χ4v) is 1.89. The van der Waals surface area contributed by atoms with Gasteiger partial charge in [-0.25, -0.2) is 0 Å². The van der Waals surface area contributed by atoms with Gasteiger partial charge in [-0.05, 0) is 23.8 Å². The zero-order chi connectivity index (χ0) is 14.4. The van der Waals surface area contributed by atoms with Crippen LogP contribution < -0.4 is 9.47 Å². The highest BCUT2D eigenvalue weighted by Crippen LogP contribution is 2.22. The first kappa shape index (κ1) is 14.4. The van der Waals surface area contributed by atoms with Gasteiger partial charge in [-0.1, -0.05) is 30.3 Å². The van der Waals surface area contributed by atoms with Crippen molar-refractivity contribution in [2.24, 2.45) is 0 Å². The van der Waals surface area contributed by atoms with E-state index in [2.05, 4.69) is 0 Å². The van der Waals surface area contributed by atoms with Gasteiger partial charge in [-0.3, -0.25) is 0 Å². The Bertz CT molecular complexity index is 554. The molecule has 0 amide bonds. The summed E-state index contributed by atoms with van der Waals surface area (Å²) < 4.78 is 10.7. The van der Waals surface area contributed by atoms with E-state index >= 15 is 0 Å². The van der Waals surface area contributed by atoms with Crippen LogP contribution >= 0.6 is 0 Å². The van der Waals surface area contributed by atoms with Crippen molar-refractivity contribution < 1.29 is 19.7 Å². The second-order valence-corrected chi connectivity index (χ2v) is 4.37. The van der Waals surface area contributed by atoms with Crippen molar-refractivity contribution in [2.45, 2.75) is 12.7 Å². The van der Waals surface area contributed by atoms with Crippen molar-refractivity contribution >= 4 is 0 Å². The van der Waals surface area contributed by atoms with E-state index in [1.807, 2.05) is 30.3 Å². The molecular formula is C16H18O4. The molecular weight excluding hydrogens is 256 g/mol. The Morgan fingerprint density at radius 3 is 2.65 bits per heavy atom.